The second-order valence-electron chi connectivity index (χ2n) is 7.10. The van der Waals surface area contributed by atoms with Gasteiger partial charge in [-0.25, -0.2) is 4.98 Å². The van der Waals surface area contributed by atoms with Gasteiger partial charge in [0.15, 0.2) is 0 Å². The SMILES string of the molecule is Cc1cc([C@H](C)N=O)ncc1-c1ccc2cc(NC(=O)C3CC3)ncc2c1. The Kier molecular flexibility index (Phi) is 4.39. The van der Waals surface area contributed by atoms with Crippen LogP contribution in [0.3, 0.4) is 0 Å². The summed E-state index contributed by atoms with van der Waals surface area (Å²) in [6.45, 7) is 3.73. The van der Waals surface area contributed by atoms with Crippen molar-refractivity contribution in [3.05, 3.63) is 58.9 Å². The van der Waals surface area contributed by atoms with Crippen molar-refractivity contribution in [2.24, 2.45) is 11.1 Å². The lowest BCUT2D eigenvalue weighted by Gasteiger charge is -2.10. The second-order valence-corrected chi connectivity index (χ2v) is 7.10. The molecule has 0 saturated heterocycles. The molecule has 2 heterocycles. The zero-order valence-corrected chi connectivity index (χ0v) is 15.3. The maximum absolute atomic E-state index is 11.9. The lowest BCUT2D eigenvalue weighted by molar-refractivity contribution is -0.117. The van der Waals surface area contributed by atoms with Gasteiger partial charge in [-0.1, -0.05) is 17.3 Å². The third-order valence-corrected chi connectivity index (χ3v) is 4.95. The molecular formula is C21H20N4O2. The average molecular weight is 360 g/mol. The van der Waals surface area contributed by atoms with Crippen molar-refractivity contribution in [2.45, 2.75) is 32.7 Å². The van der Waals surface area contributed by atoms with Crippen LogP contribution in [0.1, 0.15) is 37.1 Å². The molecule has 136 valence electrons. The molecule has 1 aliphatic carbocycles. The number of amides is 1. The van der Waals surface area contributed by atoms with Gasteiger partial charge in [0.2, 0.25) is 5.91 Å². The van der Waals surface area contributed by atoms with Crippen LogP contribution in [0.2, 0.25) is 0 Å². The Bertz CT molecular complexity index is 1040. The number of benzene rings is 1. The number of nitrogens with one attached hydrogen (secondary N) is 1. The second kappa shape index (κ2) is 6.87. The molecule has 27 heavy (non-hydrogen) atoms. The third-order valence-electron chi connectivity index (χ3n) is 4.95. The first-order chi connectivity index (χ1) is 13.0. The smallest absolute Gasteiger partial charge is 0.228 e. The third kappa shape index (κ3) is 3.56. The Hall–Kier alpha value is -3.15. The maximum atomic E-state index is 11.9. The van der Waals surface area contributed by atoms with E-state index in [0.717, 1.165) is 40.3 Å². The van der Waals surface area contributed by atoms with Gasteiger partial charge in [-0.05, 0) is 61.4 Å². The fraction of sp³-hybridized carbons (Fsp3) is 0.286. The van der Waals surface area contributed by atoms with E-state index in [1.807, 2.05) is 31.2 Å². The highest BCUT2D eigenvalue weighted by atomic mass is 16.3. The van der Waals surface area contributed by atoms with E-state index < -0.39 is 6.04 Å². The predicted molar refractivity (Wildman–Crippen MR) is 105 cm³/mol. The van der Waals surface area contributed by atoms with Crippen LogP contribution in [0.25, 0.3) is 21.9 Å². The number of aromatic nitrogens is 2. The lowest BCUT2D eigenvalue weighted by Crippen LogP contribution is -2.14. The van der Waals surface area contributed by atoms with E-state index in [2.05, 4.69) is 26.5 Å². The minimum Gasteiger partial charge on any atom is -0.310 e. The lowest BCUT2D eigenvalue weighted by atomic mass is 9.99. The van der Waals surface area contributed by atoms with Gasteiger partial charge in [-0.3, -0.25) is 9.78 Å². The standard InChI is InChI=1S/C21H20N4O2/c1-12-7-19(13(2)25-27)22-11-18(12)16-6-5-15-9-20(23-10-17(15)8-16)24-21(26)14-3-4-14/h5-11,13-14H,3-4H2,1-2H3,(H,23,24,26)/t13-/m0/s1. The van der Waals surface area contributed by atoms with Crippen LogP contribution in [0, 0.1) is 17.7 Å². The highest BCUT2D eigenvalue weighted by Crippen LogP contribution is 2.31. The van der Waals surface area contributed by atoms with Crippen LogP contribution in [0.15, 0.2) is 47.9 Å². The summed E-state index contributed by atoms with van der Waals surface area (Å²) in [6.07, 6.45) is 5.50. The van der Waals surface area contributed by atoms with E-state index in [1.165, 1.54) is 0 Å². The van der Waals surface area contributed by atoms with Crippen molar-refractivity contribution in [3.8, 4) is 11.1 Å². The van der Waals surface area contributed by atoms with Gasteiger partial charge in [-0.2, -0.15) is 4.91 Å². The van der Waals surface area contributed by atoms with Crippen LogP contribution >= 0.6 is 0 Å². The molecule has 0 bridgehead atoms. The Morgan fingerprint density at radius 3 is 2.67 bits per heavy atom. The number of anilines is 1. The first-order valence-corrected chi connectivity index (χ1v) is 9.05. The molecule has 2 aromatic heterocycles. The van der Waals surface area contributed by atoms with Gasteiger partial charge in [0, 0.05) is 29.3 Å². The maximum Gasteiger partial charge on any atom is 0.228 e. The largest absolute Gasteiger partial charge is 0.310 e. The zero-order chi connectivity index (χ0) is 19.0. The Morgan fingerprint density at radius 2 is 1.96 bits per heavy atom. The Labute approximate surface area is 157 Å². The summed E-state index contributed by atoms with van der Waals surface area (Å²) >= 11 is 0. The number of nitroso groups, excluding NO2 is 1. The molecule has 6 nitrogen and oxygen atoms in total. The van der Waals surface area contributed by atoms with Crippen LogP contribution in [-0.4, -0.2) is 15.9 Å². The fourth-order valence-corrected chi connectivity index (χ4v) is 3.11. The molecule has 0 unspecified atom stereocenters. The van der Waals surface area contributed by atoms with Crippen LogP contribution in [0.4, 0.5) is 5.82 Å². The van der Waals surface area contributed by atoms with E-state index in [-0.39, 0.29) is 11.8 Å². The van der Waals surface area contributed by atoms with Crippen molar-refractivity contribution in [1.29, 1.82) is 0 Å². The first-order valence-electron chi connectivity index (χ1n) is 9.05. The van der Waals surface area contributed by atoms with Crippen LogP contribution < -0.4 is 5.32 Å². The van der Waals surface area contributed by atoms with Gasteiger partial charge < -0.3 is 5.32 Å². The topological polar surface area (TPSA) is 84.3 Å². The molecule has 0 radical (unpaired) electrons. The summed E-state index contributed by atoms with van der Waals surface area (Å²) < 4.78 is 0. The molecule has 1 atom stereocenters. The van der Waals surface area contributed by atoms with Gasteiger partial charge in [0.05, 0.1) is 5.69 Å². The molecule has 3 aromatic rings. The number of pyridine rings is 2. The summed E-state index contributed by atoms with van der Waals surface area (Å²) in [5, 5.41) is 7.92. The van der Waals surface area contributed by atoms with E-state index in [4.69, 9.17) is 0 Å². The Morgan fingerprint density at radius 1 is 1.15 bits per heavy atom. The quantitative estimate of drug-likeness (QED) is 0.664. The molecule has 0 spiro atoms. The number of hydrogen-bond donors (Lipinski definition) is 1. The number of aryl methyl sites for hydroxylation is 1. The van der Waals surface area contributed by atoms with E-state index in [0.29, 0.717) is 11.5 Å². The van der Waals surface area contributed by atoms with Crippen molar-refractivity contribution in [2.75, 3.05) is 5.32 Å². The number of carbonyl (C=O) groups is 1. The number of fused-ring (bicyclic) bond motifs is 1. The van der Waals surface area contributed by atoms with Crippen molar-refractivity contribution in [1.82, 2.24) is 9.97 Å². The zero-order valence-electron chi connectivity index (χ0n) is 15.3. The van der Waals surface area contributed by atoms with Gasteiger partial charge in [0.25, 0.3) is 0 Å². The highest BCUT2D eigenvalue weighted by Gasteiger charge is 2.29. The molecule has 1 N–H and O–H groups in total. The monoisotopic (exact) mass is 360 g/mol. The summed E-state index contributed by atoms with van der Waals surface area (Å²) in [5.41, 5.74) is 3.74. The number of carbonyl (C=O) groups excluding carboxylic acids is 1. The minimum atomic E-state index is -0.456. The molecule has 4 rings (SSSR count). The molecule has 6 heteroatoms. The molecular weight excluding hydrogens is 340 g/mol. The normalized spacial score (nSPS) is 14.7. The first kappa shape index (κ1) is 17.3. The molecule has 0 aliphatic heterocycles. The molecule has 1 fully saturated rings. The molecule has 1 saturated carbocycles. The van der Waals surface area contributed by atoms with Crippen LogP contribution in [-0.2, 0) is 4.79 Å². The number of rotatable bonds is 5. The number of nitrogens with zero attached hydrogens (tertiary/aromatic N) is 3. The molecule has 1 amide bonds. The average Bonchev–Trinajstić information content (AvgIpc) is 3.52. The predicted octanol–water partition coefficient (Wildman–Crippen LogP) is 4.78. The van der Waals surface area contributed by atoms with Crippen molar-refractivity contribution < 1.29 is 4.79 Å². The molecule has 1 aromatic carbocycles. The van der Waals surface area contributed by atoms with Gasteiger partial charge in [0.1, 0.15) is 11.9 Å². The summed E-state index contributed by atoms with van der Waals surface area (Å²) in [7, 11) is 0. The van der Waals surface area contributed by atoms with E-state index >= 15 is 0 Å². The summed E-state index contributed by atoms with van der Waals surface area (Å²) in [6, 6.07) is 9.44. The number of hydrogen-bond acceptors (Lipinski definition) is 5. The van der Waals surface area contributed by atoms with E-state index in [9.17, 15) is 9.70 Å². The highest BCUT2D eigenvalue weighted by molar-refractivity contribution is 5.96. The Balaban J connectivity index is 1.63. The van der Waals surface area contributed by atoms with E-state index in [1.54, 1.807) is 19.3 Å². The fourth-order valence-electron chi connectivity index (χ4n) is 3.11. The van der Waals surface area contributed by atoms with Crippen LogP contribution in [0.5, 0.6) is 0 Å². The summed E-state index contributed by atoms with van der Waals surface area (Å²) in [4.78, 5) is 31.4. The molecule has 1 aliphatic rings. The van der Waals surface area contributed by atoms with Crippen molar-refractivity contribution in [3.63, 3.8) is 0 Å². The van der Waals surface area contributed by atoms with Gasteiger partial charge in [-0.15, -0.1) is 0 Å². The minimum absolute atomic E-state index is 0.0549. The van der Waals surface area contributed by atoms with Gasteiger partial charge >= 0.3 is 0 Å². The summed E-state index contributed by atoms with van der Waals surface area (Å²) in [5.74, 6) is 0.796. The van der Waals surface area contributed by atoms with Crippen molar-refractivity contribution >= 4 is 22.5 Å².